The van der Waals surface area contributed by atoms with E-state index in [1.165, 1.54) is 12.4 Å². The lowest BCUT2D eigenvalue weighted by Crippen LogP contribution is -2.38. The molecule has 0 unspecified atom stereocenters. The highest BCUT2D eigenvalue weighted by atomic mass is 16.5. The van der Waals surface area contributed by atoms with E-state index in [4.69, 9.17) is 10.5 Å². The third kappa shape index (κ3) is 4.05. The second-order valence-electron chi connectivity index (χ2n) is 8.15. The first kappa shape index (κ1) is 20.8. The van der Waals surface area contributed by atoms with E-state index in [1.54, 1.807) is 0 Å². The van der Waals surface area contributed by atoms with Crippen molar-refractivity contribution < 1.29 is 9.53 Å². The van der Waals surface area contributed by atoms with Gasteiger partial charge in [-0.05, 0) is 55.3 Å². The molecule has 7 heteroatoms. The molecule has 2 N–H and O–H groups in total. The molecule has 2 aromatic heterocycles. The number of para-hydroxylation sites is 1. The van der Waals surface area contributed by atoms with E-state index >= 15 is 0 Å². The number of piperidine rings is 1. The van der Waals surface area contributed by atoms with Crippen molar-refractivity contribution in [2.45, 2.75) is 18.8 Å². The van der Waals surface area contributed by atoms with E-state index in [2.05, 4.69) is 22.7 Å². The smallest absolute Gasteiger partial charge is 0.245 e. The Kier molecular flexibility index (Phi) is 5.52. The van der Waals surface area contributed by atoms with Crippen LogP contribution < -0.4 is 10.5 Å². The summed E-state index contributed by atoms with van der Waals surface area (Å²) >= 11 is 0. The first-order chi connectivity index (χ1) is 16.1. The van der Waals surface area contributed by atoms with Crippen LogP contribution in [0.3, 0.4) is 0 Å². The van der Waals surface area contributed by atoms with Crippen molar-refractivity contribution >= 4 is 22.8 Å². The number of hydrogen-bond acceptors (Lipinski definition) is 5. The second-order valence-corrected chi connectivity index (χ2v) is 8.15. The van der Waals surface area contributed by atoms with Crippen molar-refractivity contribution in [3.8, 4) is 17.2 Å². The maximum absolute atomic E-state index is 12.2. The van der Waals surface area contributed by atoms with Gasteiger partial charge in [0.15, 0.2) is 5.82 Å². The third-order valence-electron chi connectivity index (χ3n) is 6.07. The molecule has 0 spiro atoms. The lowest BCUT2D eigenvalue weighted by Gasteiger charge is -2.31. The first-order valence-corrected chi connectivity index (χ1v) is 11.0. The fourth-order valence-corrected chi connectivity index (χ4v) is 4.47. The number of aromatic nitrogens is 3. The molecule has 3 heterocycles. The van der Waals surface area contributed by atoms with Gasteiger partial charge in [0, 0.05) is 36.5 Å². The Hall–Kier alpha value is -4.13. The van der Waals surface area contributed by atoms with Crippen LogP contribution in [0.1, 0.15) is 24.3 Å². The maximum atomic E-state index is 12.2. The van der Waals surface area contributed by atoms with Crippen LogP contribution in [-0.4, -0.2) is 38.4 Å². The molecule has 1 aliphatic rings. The van der Waals surface area contributed by atoms with Crippen molar-refractivity contribution in [3.63, 3.8) is 0 Å². The van der Waals surface area contributed by atoms with Crippen molar-refractivity contribution in [2.75, 3.05) is 18.8 Å². The number of benzene rings is 2. The number of ether oxygens (including phenoxy) is 1. The van der Waals surface area contributed by atoms with Gasteiger partial charge >= 0.3 is 0 Å². The van der Waals surface area contributed by atoms with E-state index in [-0.39, 0.29) is 11.8 Å². The first-order valence-electron chi connectivity index (χ1n) is 11.0. The summed E-state index contributed by atoms with van der Waals surface area (Å²) in [5.41, 5.74) is 9.90. The largest absolute Gasteiger partial charge is 0.457 e. The van der Waals surface area contributed by atoms with E-state index in [0.29, 0.717) is 12.4 Å². The summed E-state index contributed by atoms with van der Waals surface area (Å²) in [5.74, 6) is 2.09. The predicted molar refractivity (Wildman–Crippen MR) is 129 cm³/mol. The SMILES string of the molecule is C=CC(=O)N1CCC[C@@H](c2cn(-c3ccc(Oc4ccccc4)cc3)c3c(N)ncnc23)C1. The monoisotopic (exact) mass is 439 g/mol. The molecule has 7 nitrogen and oxygen atoms in total. The summed E-state index contributed by atoms with van der Waals surface area (Å²) in [6.07, 6.45) is 6.87. The summed E-state index contributed by atoms with van der Waals surface area (Å²) in [4.78, 5) is 22.8. The summed E-state index contributed by atoms with van der Waals surface area (Å²) in [7, 11) is 0. The third-order valence-corrected chi connectivity index (χ3v) is 6.07. The van der Waals surface area contributed by atoms with Crippen molar-refractivity contribution in [1.82, 2.24) is 19.4 Å². The quantitative estimate of drug-likeness (QED) is 0.456. The van der Waals surface area contributed by atoms with E-state index < -0.39 is 0 Å². The minimum absolute atomic E-state index is 0.0356. The van der Waals surface area contributed by atoms with Crippen LogP contribution in [0.25, 0.3) is 16.7 Å². The van der Waals surface area contributed by atoms with Gasteiger partial charge in [-0.1, -0.05) is 24.8 Å². The highest BCUT2D eigenvalue weighted by Gasteiger charge is 2.27. The van der Waals surface area contributed by atoms with Crippen LogP contribution in [0, 0.1) is 0 Å². The van der Waals surface area contributed by atoms with Gasteiger partial charge in [-0.3, -0.25) is 4.79 Å². The predicted octanol–water partition coefficient (Wildman–Crippen LogP) is 4.69. The molecule has 1 saturated heterocycles. The summed E-state index contributed by atoms with van der Waals surface area (Å²) in [5, 5.41) is 0. The van der Waals surface area contributed by atoms with E-state index in [1.807, 2.05) is 64.1 Å². The molecular weight excluding hydrogens is 414 g/mol. The van der Waals surface area contributed by atoms with Crippen molar-refractivity contribution in [2.24, 2.45) is 0 Å². The number of hydrogen-bond donors (Lipinski definition) is 1. The fraction of sp³-hybridized carbons (Fsp3) is 0.192. The molecule has 5 rings (SSSR count). The molecular formula is C26H25N5O2. The van der Waals surface area contributed by atoms with Crippen LogP contribution in [-0.2, 0) is 4.79 Å². The minimum atomic E-state index is -0.0356. The highest BCUT2D eigenvalue weighted by molar-refractivity contribution is 5.90. The zero-order valence-corrected chi connectivity index (χ0v) is 18.2. The summed E-state index contributed by atoms with van der Waals surface area (Å²) in [6.45, 7) is 5.02. The molecule has 166 valence electrons. The molecule has 2 aromatic carbocycles. The van der Waals surface area contributed by atoms with Crippen LogP contribution >= 0.6 is 0 Å². The van der Waals surface area contributed by atoms with Gasteiger partial charge in [0.1, 0.15) is 23.3 Å². The number of nitrogen functional groups attached to an aromatic ring is 1. The number of likely N-dealkylation sites (tertiary alicyclic amines) is 1. The molecule has 33 heavy (non-hydrogen) atoms. The summed E-state index contributed by atoms with van der Waals surface area (Å²) < 4.78 is 7.95. The van der Waals surface area contributed by atoms with Gasteiger partial charge in [-0.15, -0.1) is 0 Å². The molecule has 0 saturated carbocycles. The Balaban J connectivity index is 1.50. The molecule has 1 amide bonds. The van der Waals surface area contributed by atoms with E-state index in [9.17, 15) is 4.79 Å². The summed E-state index contributed by atoms with van der Waals surface area (Å²) in [6, 6.07) is 17.5. The van der Waals surface area contributed by atoms with Gasteiger partial charge in [0.2, 0.25) is 5.91 Å². The molecule has 0 aliphatic carbocycles. The van der Waals surface area contributed by atoms with Gasteiger partial charge in [0.05, 0.1) is 5.52 Å². The molecule has 1 aliphatic heterocycles. The topological polar surface area (TPSA) is 86.3 Å². The Morgan fingerprint density at radius 2 is 1.85 bits per heavy atom. The number of amides is 1. The van der Waals surface area contributed by atoms with Gasteiger partial charge in [-0.25, -0.2) is 9.97 Å². The average molecular weight is 440 g/mol. The number of rotatable bonds is 5. The normalized spacial score (nSPS) is 16.0. The zero-order valence-electron chi connectivity index (χ0n) is 18.2. The Bertz CT molecular complexity index is 1300. The molecule has 0 radical (unpaired) electrons. The standard InChI is InChI=1S/C26H25N5O2/c1-2-23(32)30-14-6-7-18(15-30)22-16-31(25-24(22)28-17-29-26(25)27)19-10-12-21(13-11-19)33-20-8-4-3-5-9-20/h2-5,8-13,16-18H,1,6-7,14-15H2,(H2,27,28,29)/t18-/m1/s1. The van der Waals surface area contributed by atoms with Crippen LogP contribution in [0.2, 0.25) is 0 Å². The number of carbonyl (C=O) groups excluding carboxylic acids is 1. The Morgan fingerprint density at radius 3 is 2.61 bits per heavy atom. The van der Waals surface area contributed by atoms with Crippen LogP contribution in [0.4, 0.5) is 5.82 Å². The van der Waals surface area contributed by atoms with Crippen LogP contribution in [0.15, 0.2) is 79.8 Å². The van der Waals surface area contributed by atoms with Crippen molar-refractivity contribution in [1.29, 1.82) is 0 Å². The lowest BCUT2D eigenvalue weighted by atomic mass is 9.91. The molecule has 0 bridgehead atoms. The Morgan fingerprint density at radius 1 is 1.09 bits per heavy atom. The zero-order chi connectivity index (χ0) is 22.8. The van der Waals surface area contributed by atoms with Gasteiger partial charge in [-0.2, -0.15) is 0 Å². The second kappa shape index (κ2) is 8.78. The molecule has 4 aromatic rings. The van der Waals surface area contributed by atoms with E-state index in [0.717, 1.165) is 53.2 Å². The van der Waals surface area contributed by atoms with Crippen molar-refractivity contribution in [3.05, 3.63) is 85.3 Å². The molecule has 1 fully saturated rings. The number of carbonyl (C=O) groups is 1. The number of anilines is 1. The fourth-order valence-electron chi connectivity index (χ4n) is 4.47. The van der Waals surface area contributed by atoms with Gasteiger partial charge in [0.25, 0.3) is 0 Å². The number of nitrogens with zero attached hydrogens (tertiary/aromatic N) is 4. The minimum Gasteiger partial charge on any atom is -0.457 e. The number of fused-ring (bicyclic) bond motifs is 1. The van der Waals surface area contributed by atoms with Gasteiger partial charge < -0.3 is 19.9 Å². The van der Waals surface area contributed by atoms with Crippen LogP contribution in [0.5, 0.6) is 11.5 Å². The Labute approximate surface area is 192 Å². The highest BCUT2D eigenvalue weighted by Crippen LogP contribution is 2.36. The lowest BCUT2D eigenvalue weighted by molar-refractivity contribution is -0.127. The average Bonchev–Trinajstić information content (AvgIpc) is 3.26. The maximum Gasteiger partial charge on any atom is 0.245 e. The molecule has 1 atom stereocenters. The number of nitrogens with two attached hydrogens (primary N) is 1.